The highest BCUT2D eigenvalue weighted by atomic mass is 16.3. The molecule has 0 radical (unpaired) electrons. The molecule has 4 rings (SSSR count). The van der Waals surface area contributed by atoms with Gasteiger partial charge < -0.3 is 14.8 Å². The van der Waals surface area contributed by atoms with Crippen LogP contribution < -0.4 is 5.32 Å². The molecule has 0 spiro atoms. The molecule has 3 aromatic rings. The van der Waals surface area contributed by atoms with E-state index in [2.05, 4.69) is 21.6 Å². The number of imidazole rings is 1. The smallest absolute Gasteiger partial charge is 0.221 e. The van der Waals surface area contributed by atoms with Gasteiger partial charge in [-0.15, -0.1) is 0 Å². The Kier molecular flexibility index (Phi) is 4.44. The van der Waals surface area contributed by atoms with Gasteiger partial charge in [0, 0.05) is 24.1 Å². The van der Waals surface area contributed by atoms with E-state index in [0.29, 0.717) is 13.0 Å². The fraction of sp³-hybridized carbons (Fsp3) is 0.304. The number of aryl methyl sites for hydroxylation is 1. The highest BCUT2D eigenvalue weighted by molar-refractivity contribution is 5.78. The maximum absolute atomic E-state index is 12.3. The van der Waals surface area contributed by atoms with Gasteiger partial charge in [0.25, 0.3) is 0 Å². The highest BCUT2D eigenvalue weighted by Gasteiger charge is 2.29. The van der Waals surface area contributed by atoms with Crippen molar-refractivity contribution in [2.24, 2.45) is 0 Å². The summed E-state index contributed by atoms with van der Waals surface area (Å²) in [6, 6.07) is 11.9. The zero-order valence-corrected chi connectivity index (χ0v) is 16.3. The Balaban J connectivity index is 1.79. The molecule has 1 atom stereocenters. The second kappa shape index (κ2) is 6.81. The van der Waals surface area contributed by atoms with E-state index in [9.17, 15) is 9.90 Å². The summed E-state index contributed by atoms with van der Waals surface area (Å²) in [5.41, 5.74) is 4.87. The number of carbonyl (C=O) groups is 1. The van der Waals surface area contributed by atoms with E-state index >= 15 is 0 Å². The first kappa shape index (κ1) is 18.3. The molecular formula is C23H23N3O2. The third-order valence-corrected chi connectivity index (χ3v) is 4.96. The van der Waals surface area contributed by atoms with E-state index in [1.165, 1.54) is 0 Å². The summed E-state index contributed by atoms with van der Waals surface area (Å²) >= 11 is 0. The lowest BCUT2D eigenvalue weighted by atomic mass is 9.91. The number of hydrogen-bond acceptors (Lipinski definition) is 3. The van der Waals surface area contributed by atoms with Crippen LogP contribution in [-0.4, -0.2) is 26.0 Å². The zero-order chi connectivity index (χ0) is 19.9. The van der Waals surface area contributed by atoms with E-state index in [-0.39, 0.29) is 11.8 Å². The van der Waals surface area contributed by atoms with Crippen LogP contribution in [0.1, 0.15) is 54.3 Å². The molecule has 2 N–H and O–H groups in total. The van der Waals surface area contributed by atoms with E-state index in [0.717, 1.165) is 33.7 Å². The molecule has 142 valence electrons. The largest absolute Gasteiger partial charge is 0.378 e. The molecule has 5 nitrogen and oxygen atoms in total. The number of carbonyl (C=O) groups excluding carboxylic acids is 1. The molecule has 0 fully saturated rings. The van der Waals surface area contributed by atoms with Gasteiger partial charge in [0.15, 0.2) is 0 Å². The quantitative estimate of drug-likeness (QED) is 0.645. The van der Waals surface area contributed by atoms with Crippen molar-refractivity contribution in [3.05, 3.63) is 70.7 Å². The van der Waals surface area contributed by atoms with Crippen LogP contribution >= 0.6 is 0 Å². The lowest BCUT2D eigenvalue weighted by molar-refractivity contribution is -0.121. The minimum Gasteiger partial charge on any atom is -0.378 e. The van der Waals surface area contributed by atoms with Crippen LogP contribution in [0.2, 0.25) is 0 Å². The number of rotatable bonds is 1. The summed E-state index contributed by atoms with van der Waals surface area (Å²) in [6.45, 7) is 5.81. The standard InChI is InChI=1S/C23H23N3O2/c1-15-5-4-12-26-21-18(13-20(27)24-14-19(21)25-22(15)26)17-8-6-16(7-9-17)10-11-23(2,3)28/h4-9,12,18,28H,13-14H2,1-3H3,(H,24,27)/t18-/m1/s1. The lowest BCUT2D eigenvalue weighted by Gasteiger charge is -2.16. The van der Waals surface area contributed by atoms with Gasteiger partial charge in [-0.05, 0) is 50.1 Å². The fourth-order valence-electron chi connectivity index (χ4n) is 3.60. The molecule has 0 bridgehead atoms. The van der Waals surface area contributed by atoms with Crippen molar-refractivity contribution in [1.29, 1.82) is 0 Å². The fourth-order valence-corrected chi connectivity index (χ4v) is 3.60. The summed E-state index contributed by atoms with van der Waals surface area (Å²) in [7, 11) is 0. The van der Waals surface area contributed by atoms with Crippen molar-refractivity contribution in [3.63, 3.8) is 0 Å². The molecule has 1 aliphatic rings. The molecule has 1 aromatic carbocycles. The molecule has 2 aromatic heterocycles. The Morgan fingerprint density at radius 3 is 2.71 bits per heavy atom. The van der Waals surface area contributed by atoms with Crippen molar-refractivity contribution >= 4 is 11.6 Å². The summed E-state index contributed by atoms with van der Waals surface area (Å²) in [6.07, 6.45) is 2.39. The number of nitrogens with one attached hydrogen (secondary N) is 1. The number of hydrogen-bond donors (Lipinski definition) is 2. The second-order valence-corrected chi connectivity index (χ2v) is 7.79. The Hall–Kier alpha value is -3.10. The van der Waals surface area contributed by atoms with Crippen LogP contribution in [-0.2, 0) is 11.3 Å². The predicted octanol–water partition coefficient (Wildman–Crippen LogP) is 2.92. The number of pyridine rings is 1. The number of aliphatic hydroxyl groups is 1. The zero-order valence-electron chi connectivity index (χ0n) is 16.3. The summed E-state index contributed by atoms with van der Waals surface area (Å²) in [5, 5.41) is 12.7. The van der Waals surface area contributed by atoms with Gasteiger partial charge in [-0.25, -0.2) is 4.98 Å². The van der Waals surface area contributed by atoms with Crippen molar-refractivity contribution in [2.45, 2.75) is 45.3 Å². The van der Waals surface area contributed by atoms with Crippen LogP contribution in [0.4, 0.5) is 0 Å². The maximum atomic E-state index is 12.3. The first-order valence-corrected chi connectivity index (χ1v) is 9.40. The van der Waals surface area contributed by atoms with Gasteiger partial charge in [0.2, 0.25) is 5.91 Å². The molecule has 1 aliphatic heterocycles. The first-order valence-electron chi connectivity index (χ1n) is 9.40. The van der Waals surface area contributed by atoms with Crippen molar-refractivity contribution < 1.29 is 9.90 Å². The second-order valence-electron chi connectivity index (χ2n) is 7.79. The normalized spacial score (nSPS) is 16.7. The Morgan fingerprint density at radius 2 is 2.00 bits per heavy atom. The van der Waals surface area contributed by atoms with Crippen molar-refractivity contribution in [1.82, 2.24) is 14.7 Å². The molecule has 1 amide bonds. The highest BCUT2D eigenvalue weighted by Crippen LogP contribution is 2.33. The van der Waals surface area contributed by atoms with Crippen LogP contribution in [0.15, 0.2) is 42.6 Å². The van der Waals surface area contributed by atoms with Crippen LogP contribution in [0.3, 0.4) is 0 Å². The molecule has 3 heterocycles. The predicted molar refractivity (Wildman–Crippen MR) is 108 cm³/mol. The monoisotopic (exact) mass is 373 g/mol. The van der Waals surface area contributed by atoms with Gasteiger partial charge in [0.05, 0.1) is 17.9 Å². The van der Waals surface area contributed by atoms with E-state index in [4.69, 9.17) is 4.98 Å². The molecule has 0 aliphatic carbocycles. The maximum Gasteiger partial charge on any atom is 0.221 e. The molecule has 0 saturated carbocycles. The minimum atomic E-state index is -1.03. The van der Waals surface area contributed by atoms with Crippen LogP contribution in [0, 0.1) is 18.8 Å². The Bertz CT molecular complexity index is 1110. The van der Waals surface area contributed by atoms with E-state index < -0.39 is 5.60 Å². The number of fused-ring (bicyclic) bond motifs is 3. The first-order chi connectivity index (χ1) is 13.3. The number of benzene rings is 1. The number of amides is 1. The average molecular weight is 373 g/mol. The van der Waals surface area contributed by atoms with Gasteiger partial charge in [-0.3, -0.25) is 4.79 Å². The Labute approximate surface area is 164 Å². The molecular weight excluding hydrogens is 350 g/mol. The lowest BCUT2D eigenvalue weighted by Crippen LogP contribution is -2.21. The molecule has 28 heavy (non-hydrogen) atoms. The third-order valence-electron chi connectivity index (χ3n) is 4.96. The van der Waals surface area contributed by atoms with Gasteiger partial charge in [0.1, 0.15) is 11.2 Å². The average Bonchev–Trinajstić information content (AvgIpc) is 2.94. The third kappa shape index (κ3) is 3.51. The van der Waals surface area contributed by atoms with Crippen LogP contribution in [0.5, 0.6) is 0 Å². The van der Waals surface area contributed by atoms with Crippen molar-refractivity contribution in [2.75, 3.05) is 0 Å². The summed E-state index contributed by atoms with van der Waals surface area (Å²) in [5.74, 6) is 5.76. The SMILES string of the molecule is Cc1cccn2c3c(nc12)CNC(=O)C[C@@H]3c1ccc(C#CC(C)(C)O)cc1. The van der Waals surface area contributed by atoms with Gasteiger partial charge in [-0.1, -0.05) is 30.0 Å². The molecule has 0 saturated heterocycles. The number of nitrogens with zero attached hydrogens (tertiary/aromatic N) is 2. The Morgan fingerprint density at radius 1 is 1.25 bits per heavy atom. The van der Waals surface area contributed by atoms with E-state index in [1.54, 1.807) is 13.8 Å². The topological polar surface area (TPSA) is 66.6 Å². The van der Waals surface area contributed by atoms with Gasteiger partial charge >= 0.3 is 0 Å². The van der Waals surface area contributed by atoms with Crippen LogP contribution in [0.25, 0.3) is 5.65 Å². The van der Waals surface area contributed by atoms with E-state index in [1.807, 2.05) is 49.5 Å². The van der Waals surface area contributed by atoms with Gasteiger partial charge in [-0.2, -0.15) is 0 Å². The molecule has 0 unspecified atom stereocenters. The summed E-state index contributed by atoms with van der Waals surface area (Å²) < 4.78 is 2.11. The molecule has 5 heteroatoms. The summed E-state index contributed by atoms with van der Waals surface area (Å²) in [4.78, 5) is 17.1. The van der Waals surface area contributed by atoms with Crippen molar-refractivity contribution in [3.8, 4) is 11.8 Å². The minimum absolute atomic E-state index is 0.0234. The number of aromatic nitrogens is 2.